The Morgan fingerprint density at radius 3 is 2.41 bits per heavy atom. The van der Waals surface area contributed by atoms with E-state index in [1.807, 2.05) is 4.90 Å². The predicted octanol–water partition coefficient (Wildman–Crippen LogP) is 2.26. The number of nitrogens with one attached hydrogen (secondary N) is 1. The second kappa shape index (κ2) is 9.82. The molecule has 2 aromatic heterocycles. The number of piperazine rings is 1. The number of benzene rings is 1. The van der Waals surface area contributed by atoms with E-state index in [4.69, 9.17) is 4.74 Å². The molecule has 10 heteroatoms. The van der Waals surface area contributed by atoms with Crippen molar-refractivity contribution in [2.75, 3.05) is 43.0 Å². The first-order valence-corrected chi connectivity index (χ1v) is 10.1. The normalized spacial score (nSPS) is 13.5. The van der Waals surface area contributed by atoms with Crippen LogP contribution in [-0.2, 0) is 9.53 Å². The highest BCUT2D eigenvalue weighted by Gasteiger charge is 2.24. The van der Waals surface area contributed by atoms with Gasteiger partial charge in [-0.05, 0) is 30.3 Å². The largest absolute Gasteiger partial charge is 0.452 e. The van der Waals surface area contributed by atoms with Gasteiger partial charge in [0.05, 0.1) is 5.69 Å². The molecule has 9 nitrogen and oxygen atoms in total. The summed E-state index contributed by atoms with van der Waals surface area (Å²) < 4.78 is 19.2. The maximum absolute atomic E-state index is 13.9. The van der Waals surface area contributed by atoms with Crippen LogP contribution in [0.15, 0.2) is 61.1 Å². The fourth-order valence-corrected chi connectivity index (χ4v) is 3.27. The first-order chi connectivity index (χ1) is 15.6. The summed E-state index contributed by atoms with van der Waals surface area (Å²) in [6.45, 7) is 1.73. The number of esters is 1. The van der Waals surface area contributed by atoms with Crippen LogP contribution in [0.5, 0.6) is 0 Å². The zero-order valence-electron chi connectivity index (χ0n) is 17.1. The minimum atomic E-state index is -0.721. The number of anilines is 3. The summed E-state index contributed by atoms with van der Waals surface area (Å²) in [5.74, 6) is -0.724. The van der Waals surface area contributed by atoms with Crippen LogP contribution in [-0.4, -0.2) is 64.5 Å². The van der Waals surface area contributed by atoms with Crippen molar-refractivity contribution in [3.05, 3.63) is 72.4 Å². The Kier molecular flexibility index (Phi) is 6.49. The van der Waals surface area contributed by atoms with Crippen LogP contribution in [0.3, 0.4) is 0 Å². The second-order valence-electron chi connectivity index (χ2n) is 7.00. The zero-order valence-corrected chi connectivity index (χ0v) is 17.1. The summed E-state index contributed by atoms with van der Waals surface area (Å²) in [5.41, 5.74) is 0.284. The molecule has 1 saturated heterocycles. The molecule has 32 heavy (non-hydrogen) atoms. The molecule has 3 aromatic rings. The van der Waals surface area contributed by atoms with E-state index in [-0.39, 0.29) is 23.0 Å². The maximum Gasteiger partial charge on any atom is 0.342 e. The Bertz CT molecular complexity index is 1090. The van der Waals surface area contributed by atoms with Gasteiger partial charge < -0.3 is 19.9 Å². The van der Waals surface area contributed by atoms with Gasteiger partial charge in [0.1, 0.15) is 17.2 Å². The number of para-hydroxylation sites is 1. The molecule has 0 aliphatic carbocycles. The molecule has 0 atom stereocenters. The number of ether oxygens (including phenoxy) is 1. The molecule has 1 N–H and O–H groups in total. The third-order valence-corrected chi connectivity index (χ3v) is 4.95. The summed E-state index contributed by atoms with van der Waals surface area (Å²) in [5, 5.41) is 2.79. The number of aromatic nitrogens is 3. The van der Waals surface area contributed by atoms with Crippen molar-refractivity contribution in [1.29, 1.82) is 0 Å². The number of carbonyl (C=O) groups is 2. The molecule has 0 bridgehead atoms. The Morgan fingerprint density at radius 2 is 1.66 bits per heavy atom. The van der Waals surface area contributed by atoms with Gasteiger partial charge in [-0.2, -0.15) is 0 Å². The predicted molar refractivity (Wildman–Crippen MR) is 115 cm³/mol. The lowest BCUT2D eigenvalue weighted by molar-refractivity contribution is -0.134. The summed E-state index contributed by atoms with van der Waals surface area (Å²) in [7, 11) is 0. The SMILES string of the molecule is O=C(OCC(=O)N1CCN(c2ncccn2)CC1)c1cccnc1Nc1ccccc1F. The van der Waals surface area contributed by atoms with Gasteiger partial charge in [-0.3, -0.25) is 4.79 Å². The fourth-order valence-electron chi connectivity index (χ4n) is 3.27. The minimum absolute atomic E-state index is 0.106. The number of halogens is 1. The Hall–Kier alpha value is -4.08. The van der Waals surface area contributed by atoms with Gasteiger partial charge in [0.25, 0.3) is 5.91 Å². The van der Waals surface area contributed by atoms with Crippen molar-refractivity contribution in [2.24, 2.45) is 0 Å². The summed E-state index contributed by atoms with van der Waals surface area (Å²) in [4.78, 5) is 41.2. The highest BCUT2D eigenvalue weighted by atomic mass is 19.1. The Labute approximate surface area is 183 Å². The smallest absolute Gasteiger partial charge is 0.342 e. The van der Waals surface area contributed by atoms with Crippen LogP contribution >= 0.6 is 0 Å². The molecule has 0 saturated carbocycles. The van der Waals surface area contributed by atoms with Crippen molar-refractivity contribution < 1.29 is 18.7 Å². The molecule has 1 amide bonds. The molecule has 1 aliphatic rings. The topological polar surface area (TPSA) is 101 Å². The van der Waals surface area contributed by atoms with E-state index in [1.165, 1.54) is 24.4 Å². The van der Waals surface area contributed by atoms with Gasteiger partial charge in [0, 0.05) is 44.8 Å². The number of hydrogen-bond acceptors (Lipinski definition) is 8. The molecular formula is C22H21FN6O3. The van der Waals surface area contributed by atoms with Crippen molar-refractivity contribution >= 4 is 29.3 Å². The molecule has 0 spiro atoms. The molecule has 0 unspecified atom stereocenters. The molecule has 1 aromatic carbocycles. The minimum Gasteiger partial charge on any atom is -0.452 e. The molecule has 3 heterocycles. The highest BCUT2D eigenvalue weighted by molar-refractivity contribution is 5.96. The fraction of sp³-hybridized carbons (Fsp3) is 0.227. The number of rotatable bonds is 6. The van der Waals surface area contributed by atoms with Crippen LogP contribution in [0, 0.1) is 5.82 Å². The number of amides is 1. The van der Waals surface area contributed by atoms with Crippen LogP contribution in [0.1, 0.15) is 10.4 Å². The lowest BCUT2D eigenvalue weighted by Crippen LogP contribution is -2.50. The summed E-state index contributed by atoms with van der Waals surface area (Å²) >= 11 is 0. The highest BCUT2D eigenvalue weighted by Crippen LogP contribution is 2.21. The van der Waals surface area contributed by atoms with Gasteiger partial charge in [0.15, 0.2) is 6.61 Å². The van der Waals surface area contributed by atoms with Gasteiger partial charge in [0.2, 0.25) is 5.95 Å². The molecule has 4 rings (SSSR count). The lowest BCUT2D eigenvalue weighted by atomic mass is 10.2. The van der Waals surface area contributed by atoms with E-state index in [9.17, 15) is 14.0 Å². The monoisotopic (exact) mass is 436 g/mol. The molecule has 164 valence electrons. The van der Waals surface area contributed by atoms with Gasteiger partial charge >= 0.3 is 5.97 Å². The van der Waals surface area contributed by atoms with E-state index in [1.54, 1.807) is 41.6 Å². The molecular weight excluding hydrogens is 415 g/mol. The molecule has 1 aliphatic heterocycles. The van der Waals surface area contributed by atoms with Crippen LogP contribution in [0.25, 0.3) is 0 Å². The quantitative estimate of drug-likeness (QED) is 0.588. The number of hydrogen-bond donors (Lipinski definition) is 1. The van der Waals surface area contributed by atoms with E-state index >= 15 is 0 Å². The van der Waals surface area contributed by atoms with Crippen molar-refractivity contribution in [3.63, 3.8) is 0 Å². The number of carbonyl (C=O) groups excluding carboxylic acids is 2. The average Bonchev–Trinajstić information content (AvgIpc) is 2.85. The summed E-state index contributed by atoms with van der Waals surface area (Å²) in [6, 6.07) is 10.9. The lowest BCUT2D eigenvalue weighted by Gasteiger charge is -2.34. The summed E-state index contributed by atoms with van der Waals surface area (Å²) in [6.07, 6.45) is 4.82. The maximum atomic E-state index is 13.9. The van der Waals surface area contributed by atoms with Gasteiger partial charge in [-0.25, -0.2) is 24.1 Å². The molecule has 0 radical (unpaired) electrons. The third kappa shape index (κ3) is 4.97. The first kappa shape index (κ1) is 21.2. The molecule has 1 fully saturated rings. The van der Waals surface area contributed by atoms with Crippen molar-refractivity contribution in [3.8, 4) is 0 Å². The zero-order chi connectivity index (χ0) is 22.3. The van der Waals surface area contributed by atoms with E-state index in [2.05, 4.69) is 20.3 Å². The standard InChI is InChI=1S/C22H21FN6O3/c23-17-6-1-2-7-18(17)27-20-16(5-3-8-24-20)21(31)32-15-19(30)28-11-13-29(14-12-28)22-25-9-4-10-26-22/h1-10H,11-15H2,(H,24,27). The first-order valence-electron chi connectivity index (χ1n) is 10.1. The van der Waals surface area contributed by atoms with E-state index in [0.29, 0.717) is 32.1 Å². The van der Waals surface area contributed by atoms with Crippen molar-refractivity contribution in [1.82, 2.24) is 19.9 Å². The van der Waals surface area contributed by atoms with E-state index < -0.39 is 18.4 Å². The Balaban J connectivity index is 1.32. The van der Waals surface area contributed by atoms with Gasteiger partial charge in [-0.15, -0.1) is 0 Å². The number of pyridine rings is 1. The Morgan fingerprint density at radius 1 is 0.938 bits per heavy atom. The van der Waals surface area contributed by atoms with Gasteiger partial charge in [-0.1, -0.05) is 12.1 Å². The van der Waals surface area contributed by atoms with Crippen LogP contribution in [0.2, 0.25) is 0 Å². The second-order valence-corrected chi connectivity index (χ2v) is 7.00. The van der Waals surface area contributed by atoms with E-state index in [0.717, 1.165) is 0 Å². The van der Waals surface area contributed by atoms with Crippen LogP contribution < -0.4 is 10.2 Å². The third-order valence-electron chi connectivity index (χ3n) is 4.95. The average molecular weight is 436 g/mol. The van der Waals surface area contributed by atoms with Crippen LogP contribution in [0.4, 0.5) is 21.8 Å². The van der Waals surface area contributed by atoms with Crippen molar-refractivity contribution in [2.45, 2.75) is 0 Å². The number of nitrogens with zero attached hydrogens (tertiary/aromatic N) is 5.